The molecular weight excluding hydrogens is 214 g/mol. The topological polar surface area (TPSA) is 102 Å². The molecule has 0 rings (SSSR count). The van der Waals surface area contributed by atoms with Crippen molar-refractivity contribution >= 4 is 17.7 Å². The number of imide groups is 1. The first-order valence-electron chi connectivity index (χ1n) is 4.83. The SMILES string of the molecule is COCCNC(=O)C(=O)N(CCN)C(C)=O. The minimum absolute atomic E-state index is 0.0336. The quantitative estimate of drug-likeness (QED) is 0.424. The van der Waals surface area contributed by atoms with E-state index in [1.54, 1.807) is 0 Å². The van der Waals surface area contributed by atoms with Gasteiger partial charge in [0.25, 0.3) is 0 Å². The second kappa shape index (κ2) is 7.77. The predicted molar refractivity (Wildman–Crippen MR) is 56.3 cm³/mol. The Hall–Kier alpha value is -1.47. The van der Waals surface area contributed by atoms with Gasteiger partial charge < -0.3 is 15.8 Å². The maximum atomic E-state index is 11.5. The summed E-state index contributed by atoms with van der Waals surface area (Å²) in [7, 11) is 1.48. The van der Waals surface area contributed by atoms with E-state index in [0.29, 0.717) is 6.61 Å². The Bertz CT molecular complexity index is 267. The van der Waals surface area contributed by atoms with Crippen molar-refractivity contribution in [1.82, 2.24) is 10.2 Å². The van der Waals surface area contributed by atoms with Gasteiger partial charge in [0.1, 0.15) is 0 Å². The summed E-state index contributed by atoms with van der Waals surface area (Å²) in [5.74, 6) is -2.23. The third-order valence-electron chi connectivity index (χ3n) is 1.76. The molecule has 0 saturated carbocycles. The summed E-state index contributed by atoms with van der Waals surface area (Å²) in [5, 5.41) is 2.33. The van der Waals surface area contributed by atoms with E-state index in [2.05, 4.69) is 5.32 Å². The summed E-state index contributed by atoms with van der Waals surface area (Å²) in [4.78, 5) is 34.6. The highest BCUT2D eigenvalue weighted by Gasteiger charge is 2.23. The summed E-state index contributed by atoms with van der Waals surface area (Å²) in [6, 6.07) is 0. The van der Waals surface area contributed by atoms with E-state index in [0.717, 1.165) is 4.90 Å². The fraction of sp³-hybridized carbons (Fsp3) is 0.667. The molecule has 0 bridgehead atoms. The Morgan fingerprint density at radius 1 is 1.38 bits per heavy atom. The van der Waals surface area contributed by atoms with Crippen molar-refractivity contribution < 1.29 is 19.1 Å². The molecule has 3 amide bonds. The van der Waals surface area contributed by atoms with E-state index in [1.165, 1.54) is 14.0 Å². The first kappa shape index (κ1) is 14.5. The van der Waals surface area contributed by atoms with Crippen LogP contribution in [0, 0.1) is 0 Å². The van der Waals surface area contributed by atoms with E-state index >= 15 is 0 Å². The van der Waals surface area contributed by atoms with Crippen LogP contribution in [0.4, 0.5) is 0 Å². The van der Waals surface area contributed by atoms with Gasteiger partial charge in [-0.15, -0.1) is 0 Å². The molecule has 0 aromatic carbocycles. The maximum absolute atomic E-state index is 11.5. The van der Waals surface area contributed by atoms with Crippen LogP contribution < -0.4 is 11.1 Å². The number of hydrogen-bond donors (Lipinski definition) is 2. The predicted octanol–water partition coefficient (Wildman–Crippen LogP) is -1.92. The normalized spacial score (nSPS) is 9.69. The van der Waals surface area contributed by atoms with Crippen LogP contribution in [0.5, 0.6) is 0 Å². The van der Waals surface area contributed by atoms with Gasteiger partial charge in [0.2, 0.25) is 5.91 Å². The third-order valence-corrected chi connectivity index (χ3v) is 1.76. The van der Waals surface area contributed by atoms with Crippen molar-refractivity contribution in [2.75, 3.05) is 33.4 Å². The van der Waals surface area contributed by atoms with Crippen molar-refractivity contribution in [1.29, 1.82) is 0 Å². The lowest BCUT2D eigenvalue weighted by Crippen LogP contribution is -2.47. The van der Waals surface area contributed by atoms with Crippen LogP contribution in [0.2, 0.25) is 0 Å². The highest BCUT2D eigenvalue weighted by molar-refractivity contribution is 6.37. The Kier molecular flexibility index (Phi) is 7.06. The lowest BCUT2D eigenvalue weighted by molar-refractivity contribution is -0.151. The van der Waals surface area contributed by atoms with Gasteiger partial charge in [-0.05, 0) is 0 Å². The molecular formula is C9H17N3O4. The molecule has 0 fully saturated rings. The number of carbonyl (C=O) groups is 3. The van der Waals surface area contributed by atoms with E-state index in [-0.39, 0.29) is 19.6 Å². The lowest BCUT2D eigenvalue weighted by Gasteiger charge is -2.17. The Labute approximate surface area is 93.9 Å². The molecule has 0 aliphatic carbocycles. The second-order valence-corrected chi connectivity index (χ2v) is 3.01. The molecule has 92 valence electrons. The van der Waals surface area contributed by atoms with Crippen LogP contribution in [-0.2, 0) is 19.1 Å². The fourth-order valence-electron chi connectivity index (χ4n) is 0.996. The lowest BCUT2D eigenvalue weighted by atomic mass is 10.4. The highest BCUT2D eigenvalue weighted by atomic mass is 16.5. The van der Waals surface area contributed by atoms with Gasteiger partial charge in [0, 0.05) is 33.7 Å². The number of carbonyl (C=O) groups excluding carboxylic acids is 3. The van der Waals surface area contributed by atoms with Crippen LogP contribution in [0.15, 0.2) is 0 Å². The highest BCUT2D eigenvalue weighted by Crippen LogP contribution is 1.90. The minimum atomic E-state index is -0.894. The van der Waals surface area contributed by atoms with Gasteiger partial charge in [-0.1, -0.05) is 0 Å². The average Bonchev–Trinajstić information content (AvgIpc) is 2.24. The number of nitrogens with zero attached hydrogens (tertiary/aromatic N) is 1. The Balaban J connectivity index is 4.26. The van der Waals surface area contributed by atoms with Gasteiger partial charge in [0.15, 0.2) is 0 Å². The van der Waals surface area contributed by atoms with Gasteiger partial charge in [-0.2, -0.15) is 0 Å². The van der Waals surface area contributed by atoms with E-state index in [1.807, 2.05) is 0 Å². The Morgan fingerprint density at radius 2 is 2.00 bits per heavy atom. The number of methoxy groups -OCH3 is 1. The van der Waals surface area contributed by atoms with Crippen LogP contribution in [0.3, 0.4) is 0 Å². The molecule has 7 heteroatoms. The molecule has 0 aromatic heterocycles. The zero-order valence-corrected chi connectivity index (χ0v) is 9.49. The number of ether oxygens (including phenoxy) is 1. The average molecular weight is 231 g/mol. The van der Waals surface area contributed by atoms with Crippen molar-refractivity contribution in [3.05, 3.63) is 0 Å². The van der Waals surface area contributed by atoms with Gasteiger partial charge in [0.05, 0.1) is 6.61 Å². The number of nitrogens with two attached hydrogens (primary N) is 1. The standard InChI is InChI=1S/C9H17N3O4/c1-7(13)12(5-3-10)9(15)8(14)11-4-6-16-2/h3-6,10H2,1-2H3,(H,11,14). The summed E-state index contributed by atoms with van der Waals surface area (Å²) in [6.45, 7) is 1.88. The molecule has 0 aliphatic rings. The molecule has 0 radical (unpaired) electrons. The summed E-state index contributed by atoms with van der Waals surface area (Å²) >= 11 is 0. The third kappa shape index (κ3) is 4.85. The van der Waals surface area contributed by atoms with Gasteiger partial charge in [-0.3, -0.25) is 19.3 Å². The fourth-order valence-corrected chi connectivity index (χ4v) is 0.996. The van der Waals surface area contributed by atoms with Crippen LogP contribution >= 0.6 is 0 Å². The van der Waals surface area contributed by atoms with Crippen LogP contribution in [0.1, 0.15) is 6.92 Å². The summed E-state index contributed by atoms with van der Waals surface area (Å²) < 4.78 is 4.70. The van der Waals surface area contributed by atoms with Gasteiger partial charge in [-0.25, -0.2) is 0 Å². The van der Waals surface area contributed by atoms with Crippen LogP contribution in [0.25, 0.3) is 0 Å². The molecule has 0 saturated heterocycles. The minimum Gasteiger partial charge on any atom is -0.383 e. The van der Waals surface area contributed by atoms with Crippen LogP contribution in [-0.4, -0.2) is 56.0 Å². The van der Waals surface area contributed by atoms with Crippen molar-refractivity contribution in [2.24, 2.45) is 5.73 Å². The molecule has 7 nitrogen and oxygen atoms in total. The number of hydrogen-bond acceptors (Lipinski definition) is 5. The maximum Gasteiger partial charge on any atom is 0.318 e. The summed E-state index contributed by atoms with van der Waals surface area (Å²) in [6.07, 6.45) is 0. The first-order chi connectivity index (χ1) is 7.54. The second-order valence-electron chi connectivity index (χ2n) is 3.01. The molecule has 0 unspecified atom stereocenters. The van der Waals surface area contributed by atoms with Crippen molar-refractivity contribution in [3.8, 4) is 0 Å². The molecule has 16 heavy (non-hydrogen) atoms. The number of amides is 3. The number of rotatable bonds is 5. The molecule has 0 heterocycles. The van der Waals surface area contributed by atoms with E-state index in [9.17, 15) is 14.4 Å². The van der Waals surface area contributed by atoms with Crippen molar-refractivity contribution in [3.63, 3.8) is 0 Å². The molecule has 3 N–H and O–H groups in total. The number of nitrogens with one attached hydrogen (secondary N) is 1. The zero-order chi connectivity index (χ0) is 12.6. The summed E-state index contributed by atoms with van der Waals surface area (Å²) in [5.41, 5.74) is 5.23. The zero-order valence-electron chi connectivity index (χ0n) is 9.49. The van der Waals surface area contributed by atoms with E-state index < -0.39 is 17.7 Å². The molecule has 0 aliphatic heterocycles. The monoisotopic (exact) mass is 231 g/mol. The van der Waals surface area contributed by atoms with E-state index in [4.69, 9.17) is 10.5 Å². The Morgan fingerprint density at radius 3 is 2.44 bits per heavy atom. The molecule has 0 atom stereocenters. The van der Waals surface area contributed by atoms with Gasteiger partial charge >= 0.3 is 11.8 Å². The van der Waals surface area contributed by atoms with Crippen molar-refractivity contribution in [2.45, 2.75) is 6.92 Å². The largest absolute Gasteiger partial charge is 0.383 e. The smallest absolute Gasteiger partial charge is 0.318 e. The molecule has 0 aromatic rings. The first-order valence-corrected chi connectivity index (χ1v) is 4.83. The molecule has 0 spiro atoms.